The molecule has 1 heterocycles. The van der Waals surface area contributed by atoms with E-state index in [9.17, 15) is 0 Å². The molecule has 0 radical (unpaired) electrons. The molecule has 2 rings (SSSR count). The average molecular weight is 279 g/mol. The topological polar surface area (TPSA) is 27.0 Å². The van der Waals surface area contributed by atoms with Crippen LogP contribution in [0.3, 0.4) is 0 Å². The van der Waals surface area contributed by atoms with Crippen LogP contribution in [-0.4, -0.2) is 13.1 Å². The van der Waals surface area contributed by atoms with Crippen molar-refractivity contribution in [1.29, 1.82) is 5.26 Å². The highest BCUT2D eigenvalue weighted by Crippen LogP contribution is 2.26. The maximum atomic E-state index is 8.85. The molecule has 0 bridgehead atoms. The number of benzene rings is 1. The molecular weight excluding hydrogens is 264 g/mol. The van der Waals surface area contributed by atoms with Gasteiger partial charge in [0, 0.05) is 29.2 Å². The van der Waals surface area contributed by atoms with Gasteiger partial charge in [0.25, 0.3) is 0 Å². The lowest BCUT2D eigenvalue weighted by Gasteiger charge is -2.31. The van der Waals surface area contributed by atoms with Crippen LogP contribution < -0.4 is 4.90 Å². The smallest absolute Gasteiger partial charge is 0.0657 e. The number of hydrogen-bond donors (Lipinski definition) is 0. The lowest BCUT2D eigenvalue weighted by molar-refractivity contribution is 0.488. The van der Waals surface area contributed by atoms with E-state index in [1.807, 2.05) is 0 Å². The third-order valence-electron chi connectivity index (χ3n) is 3.18. The second-order valence-electron chi connectivity index (χ2n) is 4.32. The summed E-state index contributed by atoms with van der Waals surface area (Å²) in [6.45, 7) is 4.11. The zero-order valence-electron chi connectivity index (χ0n) is 9.41. The van der Waals surface area contributed by atoms with Crippen LogP contribution in [0.15, 0.2) is 22.7 Å². The van der Waals surface area contributed by atoms with Crippen LogP contribution in [0.2, 0.25) is 0 Å². The van der Waals surface area contributed by atoms with E-state index in [2.05, 4.69) is 52.0 Å². The number of hydrogen-bond acceptors (Lipinski definition) is 2. The van der Waals surface area contributed by atoms with Crippen LogP contribution in [-0.2, 0) is 0 Å². The maximum Gasteiger partial charge on any atom is 0.0657 e. The van der Waals surface area contributed by atoms with E-state index in [1.165, 1.54) is 11.3 Å². The summed E-state index contributed by atoms with van der Waals surface area (Å²) in [7, 11) is 0. The average Bonchev–Trinajstić information content (AvgIpc) is 2.33. The first-order chi connectivity index (χ1) is 7.70. The Morgan fingerprint density at radius 2 is 2.06 bits per heavy atom. The number of piperidine rings is 1. The molecule has 0 atom stereocenters. The second kappa shape index (κ2) is 4.88. The predicted molar refractivity (Wildman–Crippen MR) is 69.4 cm³/mol. The Balaban J connectivity index is 2.09. The Bertz CT molecular complexity index is 414. The van der Waals surface area contributed by atoms with Crippen LogP contribution in [0.25, 0.3) is 0 Å². The molecule has 84 valence electrons. The quantitative estimate of drug-likeness (QED) is 0.786. The highest BCUT2D eigenvalue weighted by molar-refractivity contribution is 9.10. The van der Waals surface area contributed by atoms with Gasteiger partial charge < -0.3 is 4.90 Å². The van der Waals surface area contributed by atoms with Gasteiger partial charge in [-0.05, 0) is 43.5 Å². The van der Waals surface area contributed by atoms with E-state index in [4.69, 9.17) is 5.26 Å². The number of anilines is 1. The fourth-order valence-electron chi connectivity index (χ4n) is 2.09. The van der Waals surface area contributed by atoms with Crippen LogP contribution in [0.5, 0.6) is 0 Å². The number of nitriles is 1. The molecule has 1 aromatic carbocycles. The van der Waals surface area contributed by atoms with Crippen molar-refractivity contribution in [1.82, 2.24) is 0 Å². The molecule has 0 spiro atoms. The highest BCUT2D eigenvalue weighted by atomic mass is 79.9. The summed E-state index contributed by atoms with van der Waals surface area (Å²) in [6, 6.07) is 8.81. The Kier molecular flexibility index (Phi) is 3.50. The molecule has 16 heavy (non-hydrogen) atoms. The minimum Gasteiger partial charge on any atom is -0.371 e. The summed E-state index contributed by atoms with van der Waals surface area (Å²) in [5, 5.41) is 8.85. The lowest BCUT2D eigenvalue weighted by atomic mass is 9.98. The van der Waals surface area contributed by atoms with Crippen molar-refractivity contribution >= 4 is 21.6 Å². The molecule has 0 aliphatic carbocycles. The molecule has 3 heteroatoms. The molecule has 0 saturated carbocycles. The Labute approximate surface area is 105 Å². The fraction of sp³-hybridized carbons (Fsp3) is 0.462. The van der Waals surface area contributed by atoms with Gasteiger partial charge in [0.15, 0.2) is 0 Å². The van der Waals surface area contributed by atoms with Crippen LogP contribution in [0.1, 0.15) is 18.4 Å². The Morgan fingerprint density at radius 3 is 2.62 bits per heavy atom. The van der Waals surface area contributed by atoms with E-state index in [1.54, 1.807) is 0 Å². The normalized spacial score (nSPS) is 17.2. The van der Waals surface area contributed by atoms with Gasteiger partial charge in [0.1, 0.15) is 0 Å². The first-order valence-corrected chi connectivity index (χ1v) is 6.40. The molecule has 1 aromatic rings. The third-order valence-corrected chi connectivity index (χ3v) is 4.07. The van der Waals surface area contributed by atoms with Crippen LogP contribution in [0.4, 0.5) is 5.69 Å². The van der Waals surface area contributed by atoms with Gasteiger partial charge in [-0.25, -0.2) is 0 Å². The summed E-state index contributed by atoms with van der Waals surface area (Å²) >= 11 is 3.51. The van der Waals surface area contributed by atoms with Gasteiger partial charge >= 0.3 is 0 Å². The van der Waals surface area contributed by atoms with Crippen molar-refractivity contribution < 1.29 is 0 Å². The van der Waals surface area contributed by atoms with E-state index >= 15 is 0 Å². The predicted octanol–water partition coefficient (Wildman–Crippen LogP) is 3.50. The molecule has 2 nitrogen and oxygen atoms in total. The SMILES string of the molecule is Cc1cc(N2CCC(C#N)CC2)ccc1Br. The zero-order chi connectivity index (χ0) is 11.5. The molecule has 1 saturated heterocycles. The van der Waals surface area contributed by atoms with Gasteiger partial charge in [0.2, 0.25) is 0 Å². The first kappa shape index (κ1) is 11.5. The molecule has 1 aliphatic rings. The van der Waals surface area contributed by atoms with Crippen LogP contribution in [0, 0.1) is 24.2 Å². The number of rotatable bonds is 1. The monoisotopic (exact) mass is 278 g/mol. The van der Waals surface area contributed by atoms with Crippen molar-refractivity contribution in [2.24, 2.45) is 5.92 Å². The van der Waals surface area contributed by atoms with E-state index in [0.29, 0.717) is 0 Å². The molecule has 1 aliphatic heterocycles. The summed E-state index contributed by atoms with van der Waals surface area (Å²) in [5.41, 5.74) is 2.54. The minimum atomic E-state index is 0.257. The van der Waals surface area contributed by atoms with Crippen LogP contribution >= 0.6 is 15.9 Å². The molecule has 0 aromatic heterocycles. The summed E-state index contributed by atoms with van der Waals surface area (Å²) < 4.78 is 1.16. The van der Waals surface area contributed by atoms with E-state index < -0.39 is 0 Å². The third kappa shape index (κ3) is 2.38. The van der Waals surface area contributed by atoms with Gasteiger partial charge in [0.05, 0.1) is 6.07 Å². The molecule has 1 fully saturated rings. The van der Waals surface area contributed by atoms with E-state index in [-0.39, 0.29) is 5.92 Å². The summed E-state index contributed by atoms with van der Waals surface area (Å²) in [5.74, 6) is 0.257. The minimum absolute atomic E-state index is 0.257. The van der Waals surface area contributed by atoms with Crippen molar-refractivity contribution in [2.75, 3.05) is 18.0 Å². The fourth-order valence-corrected chi connectivity index (χ4v) is 2.34. The first-order valence-electron chi connectivity index (χ1n) is 5.61. The zero-order valence-corrected chi connectivity index (χ0v) is 11.0. The van der Waals surface area contributed by atoms with Gasteiger partial charge in [-0.3, -0.25) is 0 Å². The number of nitrogens with zero attached hydrogens (tertiary/aromatic N) is 2. The Morgan fingerprint density at radius 1 is 1.38 bits per heavy atom. The molecule has 0 N–H and O–H groups in total. The van der Waals surface area contributed by atoms with Gasteiger partial charge in [-0.2, -0.15) is 5.26 Å². The van der Waals surface area contributed by atoms with Crippen molar-refractivity contribution in [3.8, 4) is 6.07 Å². The summed E-state index contributed by atoms with van der Waals surface area (Å²) in [4.78, 5) is 2.37. The van der Waals surface area contributed by atoms with E-state index in [0.717, 1.165) is 30.4 Å². The maximum absolute atomic E-state index is 8.85. The molecular formula is C13H15BrN2. The number of halogens is 1. The lowest BCUT2D eigenvalue weighted by Crippen LogP contribution is -2.33. The van der Waals surface area contributed by atoms with Gasteiger partial charge in [-0.15, -0.1) is 0 Å². The molecule has 0 unspecified atom stereocenters. The standard InChI is InChI=1S/C13H15BrN2/c1-10-8-12(2-3-13(10)14)16-6-4-11(9-15)5-7-16/h2-3,8,11H,4-7H2,1H3. The Hall–Kier alpha value is -1.01. The number of aryl methyl sites for hydroxylation is 1. The second-order valence-corrected chi connectivity index (χ2v) is 5.18. The van der Waals surface area contributed by atoms with Crippen molar-refractivity contribution in [3.63, 3.8) is 0 Å². The van der Waals surface area contributed by atoms with Crippen molar-refractivity contribution in [3.05, 3.63) is 28.2 Å². The highest BCUT2D eigenvalue weighted by Gasteiger charge is 2.18. The van der Waals surface area contributed by atoms with Crippen molar-refractivity contribution in [2.45, 2.75) is 19.8 Å². The largest absolute Gasteiger partial charge is 0.371 e. The summed E-state index contributed by atoms with van der Waals surface area (Å²) in [6.07, 6.45) is 1.98. The van der Waals surface area contributed by atoms with Gasteiger partial charge in [-0.1, -0.05) is 15.9 Å². The molecule has 0 amide bonds.